The molecule has 2 amide bonds. The quantitative estimate of drug-likeness (QED) is 0.739. The molecule has 0 aliphatic rings. The normalized spacial score (nSPS) is 10.4. The van der Waals surface area contributed by atoms with Crippen molar-refractivity contribution in [2.75, 3.05) is 25.5 Å². The van der Waals surface area contributed by atoms with Crippen molar-refractivity contribution in [3.8, 4) is 0 Å². The molecule has 0 radical (unpaired) electrons. The monoisotopic (exact) mass is 388 g/mol. The first-order valence-electron chi connectivity index (χ1n) is 8.67. The minimum absolute atomic E-state index is 0.123. The maximum Gasteiger partial charge on any atom is 0.348 e. The van der Waals surface area contributed by atoms with Crippen molar-refractivity contribution in [2.24, 2.45) is 0 Å². The Bertz CT molecular complexity index is 827. The van der Waals surface area contributed by atoms with Gasteiger partial charge in [0.2, 0.25) is 5.91 Å². The number of esters is 1. The number of ether oxygens (including phenoxy) is 1. The van der Waals surface area contributed by atoms with Crippen LogP contribution in [-0.2, 0) is 20.7 Å². The van der Waals surface area contributed by atoms with E-state index in [0.717, 1.165) is 22.4 Å². The molecule has 0 aliphatic heterocycles. The van der Waals surface area contributed by atoms with Crippen molar-refractivity contribution in [3.63, 3.8) is 0 Å². The van der Waals surface area contributed by atoms with E-state index < -0.39 is 18.5 Å². The molecule has 0 fully saturated rings. The number of nitrogens with one attached hydrogen (secondary N) is 1. The van der Waals surface area contributed by atoms with Gasteiger partial charge in [0.15, 0.2) is 6.61 Å². The molecule has 0 atom stereocenters. The summed E-state index contributed by atoms with van der Waals surface area (Å²) in [4.78, 5) is 39.1. The number of hydrogen-bond donors (Lipinski definition) is 1. The van der Waals surface area contributed by atoms with Crippen molar-refractivity contribution < 1.29 is 19.1 Å². The predicted molar refractivity (Wildman–Crippen MR) is 106 cm³/mol. The fraction of sp³-hybridized carbons (Fsp3) is 0.350. The summed E-state index contributed by atoms with van der Waals surface area (Å²) in [6, 6.07) is 9.14. The van der Waals surface area contributed by atoms with Crippen LogP contribution in [0.25, 0.3) is 0 Å². The van der Waals surface area contributed by atoms with Gasteiger partial charge in [0.25, 0.3) is 5.91 Å². The number of aryl methyl sites for hydroxylation is 3. The molecular formula is C20H24N2O4S. The third-order valence-corrected chi connectivity index (χ3v) is 5.37. The molecule has 27 heavy (non-hydrogen) atoms. The van der Waals surface area contributed by atoms with Gasteiger partial charge in [0.1, 0.15) is 4.88 Å². The third-order valence-electron chi connectivity index (χ3n) is 4.01. The standard InChI is InChI=1S/C20H24N2O4S/c1-5-16-14(3)10-17(27-16)20(25)26-12-19(24)22(4)11-18(23)21-15-8-6-13(2)7-9-15/h6-10H,5,11-12H2,1-4H3,(H,21,23). The van der Waals surface area contributed by atoms with Crippen LogP contribution in [0.4, 0.5) is 5.69 Å². The fourth-order valence-corrected chi connectivity index (χ4v) is 3.43. The van der Waals surface area contributed by atoms with Crippen LogP contribution in [0.3, 0.4) is 0 Å². The molecule has 0 saturated carbocycles. The summed E-state index contributed by atoms with van der Waals surface area (Å²) < 4.78 is 5.09. The number of benzene rings is 1. The second kappa shape index (κ2) is 9.32. The van der Waals surface area contributed by atoms with Gasteiger partial charge in [0.05, 0.1) is 6.54 Å². The second-order valence-electron chi connectivity index (χ2n) is 6.31. The lowest BCUT2D eigenvalue weighted by Gasteiger charge is -2.16. The van der Waals surface area contributed by atoms with E-state index in [2.05, 4.69) is 5.32 Å². The highest BCUT2D eigenvalue weighted by molar-refractivity contribution is 7.14. The number of hydrogen-bond acceptors (Lipinski definition) is 5. The van der Waals surface area contributed by atoms with Gasteiger partial charge in [-0.2, -0.15) is 0 Å². The fourth-order valence-electron chi connectivity index (χ4n) is 2.42. The number of likely N-dealkylation sites (N-methyl/N-ethyl adjacent to an activating group) is 1. The van der Waals surface area contributed by atoms with Crippen LogP contribution in [0, 0.1) is 13.8 Å². The first-order chi connectivity index (χ1) is 12.8. The summed E-state index contributed by atoms with van der Waals surface area (Å²) in [5.74, 6) is -1.28. The number of rotatable bonds is 7. The summed E-state index contributed by atoms with van der Waals surface area (Å²) in [6.45, 7) is 5.40. The van der Waals surface area contributed by atoms with E-state index in [4.69, 9.17) is 4.74 Å². The summed E-state index contributed by atoms with van der Waals surface area (Å²) in [5, 5.41) is 2.72. The molecule has 0 aliphatic carbocycles. The number of carbonyl (C=O) groups is 3. The van der Waals surface area contributed by atoms with Gasteiger partial charge in [-0.25, -0.2) is 4.79 Å². The summed E-state index contributed by atoms with van der Waals surface area (Å²) >= 11 is 1.38. The van der Waals surface area contributed by atoms with Crippen LogP contribution in [0.1, 0.15) is 32.6 Å². The lowest BCUT2D eigenvalue weighted by atomic mass is 10.2. The Labute approximate surface area is 163 Å². The van der Waals surface area contributed by atoms with Gasteiger partial charge in [-0.05, 0) is 44.0 Å². The molecule has 6 nitrogen and oxygen atoms in total. The first-order valence-corrected chi connectivity index (χ1v) is 9.48. The number of amides is 2. The molecule has 2 rings (SSSR count). The van der Waals surface area contributed by atoms with E-state index >= 15 is 0 Å². The molecular weight excluding hydrogens is 364 g/mol. The Kier molecular flexibility index (Phi) is 7.12. The number of thiophene rings is 1. The van der Waals surface area contributed by atoms with Crippen LogP contribution < -0.4 is 5.32 Å². The van der Waals surface area contributed by atoms with E-state index in [1.807, 2.05) is 32.9 Å². The molecule has 2 aromatic rings. The second-order valence-corrected chi connectivity index (χ2v) is 7.45. The van der Waals surface area contributed by atoms with E-state index in [9.17, 15) is 14.4 Å². The number of carbonyl (C=O) groups excluding carboxylic acids is 3. The molecule has 1 heterocycles. The van der Waals surface area contributed by atoms with Gasteiger partial charge in [0, 0.05) is 17.6 Å². The maximum atomic E-state index is 12.1. The SMILES string of the molecule is CCc1sc(C(=O)OCC(=O)N(C)CC(=O)Nc2ccc(C)cc2)cc1C. The van der Waals surface area contributed by atoms with Gasteiger partial charge in [-0.15, -0.1) is 11.3 Å². The number of anilines is 1. The highest BCUT2D eigenvalue weighted by atomic mass is 32.1. The van der Waals surface area contributed by atoms with Gasteiger partial charge >= 0.3 is 5.97 Å². The Balaban J connectivity index is 1.81. The minimum Gasteiger partial charge on any atom is -0.451 e. The molecule has 0 bridgehead atoms. The third kappa shape index (κ3) is 5.92. The van der Waals surface area contributed by atoms with Gasteiger partial charge in [-0.3, -0.25) is 9.59 Å². The Morgan fingerprint density at radius 3 is 2.41 bits per heavy atom. The zero-order valence-electron chi connectivity index (χ0n) is 16.0. The molecule has 0 unspecified atom stereocenters. The lowest BCUT2D eigenvalue weighted by Crippen LogP contribution is -2.37. The molecule has 144 valence electrons. The molecule has 1 N–H and O–H groups in total. The highest BCUT2D eigenvalue weighted by Crippen LogP contribution is 2.23. The largest absolute Gasteiger partial charge is 0.451 e. The van der Waals surface area contributed by atoms with Gasteiger partial charge in [-0.1, -0.05) is 24.6 Å². The van der Waals surface area contributed by atoms with Crippen molar-refractivity contribution in [1.29, 1.82) is 0 Å². The van der Waals surface area contributed by atoms with Crippen LogP contribution >= 0.6 is 11.3 Å². The molecule has 7 heteroatoms. The highest BCUT2D eigenvalue weighted by Gasteiger charge is 2.18. The smallest absolute Gasteiger partial charge is 0.348 e. The summed E-state index contributed by atoms with van der Waals surface area (Å²) in [6.07, 6.45) is 0.849. The first kappa shape index (κ1) is 20.6. The Hall–Kier alpha value is -2.67. The van der Waals surface area contributed by atoms with Crippen LogP contribution in [0.15, 0.2) is 30.3 Å². The van der Waals surface area contributed by atoms with Crippen molar-refractivity contribution >= 4 is 34.8 Å². The van der Waals surface area contributed by atoms with E-state index in [0.29, 0.717) is 10.6 Å². The van der Waals surface area contributed by atoms with Crippen molar-refractivity contribution in [2.45, 2.75) is 27.2 Å². The Morgan fingerprint density at radius 1 is 1.15 bits per heavy atom. The average molecular weight is 388 g/mol. The summed E-state index contributed by atoms with van der Waals surface area (Å²) in [5.41, 5.74) is 2.80. The Morgan fingerprint density at radius 2 is 1.81 bits per heavy atom. The minimum atomic E-state index is -0.520. The number of nitrogens with zero attached hydrogens (tertiary/aromatic N) is 1. The molecule has 0 saturated heterocycles. The van der Waals surface area contributed by atoms with Crippen molar-refractivity contribution in [3.05, 3.63) is 51.2 Å². The van der Waals surface area contributed by atoms with Crippen LogP contribution in [0.2, 0.25) is 0 Å². The topological polar surface area (TPSA) is 75.7 Å². The molecule has 0 spiro atoms. The van der Waals surface area contributed by atoms with E-state index in [1.165, 1.54) is 23.3 Å². The molecule has 1 aromatic carbocycles. The van der Waals surface area contributed by atoms with Crippen LogP contribution in [-0.4, -0.2) is 42.9 Å². The predicted octanol–water partition coefficient (Wildman–Crippen LogP) is 3.18. The van der Waals surface area contributed by atoms with Crippen molar-refractivity contribution in [1.82, 2.24) is 4.90 Å². The van der Waals surface area contributed by atoms with E-state index in [1.54, 1.807) is 18.2 Å². The van der Waals surface area contributed by atoms with E-state index in [-0.39, 0.29) is 12.5 Å². The van der Waals surface area contributed by atoms with Crippen LogP contribution in [0.5, 0.6) is 0 Å². The summed E-state index contributed by atoms with van der Waals surface area (Å²) in [7, 11) is 1.50. The van der Waals surface area contributed by atoms with Gasteiger partial charge < -0.3 is 15.0 Å². The zero-order chi connectivity index (χ0) is 20.0. The molecule has 1 aromatic heterocycles. The lowest BCUT2D eigenvalue weighted by molar-refractivity contribution is -0.136. The zero-order valence-corrected chi connectivity index (χ0v) is 16.8. The average Bonchev–Trinajstić information content (AvgIpc) is 3.02. The maximum absolute atomic E-state index is 12.1.